The maximum Gasteiger partial charge on any atom is 0.339 e. The van der Waals surface area contributed by atoms with Crippen molar-refractivity contribution in [3.05, 3.63) is 47.8 Å². The van der Waals surface area contributed by atoms with Crippen LogP contribution in [0.25, 0.3) is 0 Å². The van der Waals surface area contributed by atoms with Crippen LogP contribution in [-0.2, 0) is 16.0 Å². The van der Waals surface area contributed by atoms with E-state index in [1.54, 1.807) is 19.1 Å². The largest absolute Gasteiger partial charge is 0.462 e. The summed E-state index contributed by atoms with van der Waals surface area (Å²) in [5.74, 6) is 1.31. The van der Waals surface area contributed by atoms with Crippen LogP contribution in [0.3, 0.4) is 0 Å². The third-order valence-corrected chi connectivity index (χ3v) is 4.12. The van der Waals surface area contributed by atoms with E-state index in [4.69, 9.17) is 9.47 Å². The second kappa shape index (κ2) is 8.62. The maximum atomic E-state index is 11.6. The minimum absolute atomic E-state index is 0.232. The van der Waals surface area contributed by atoms with Crippen molar-refractivity contribution in [3.63, 3.8) is 0 Å². The summed E-state index contributed by atoms with van der Waals surface area (Å²) in [5, 5.41) is 3.23. The summed E-state index contributed by atoms with van der Waals surface area (Å²) >= 11 is 0. The van der Waals surface area contributed by atoms with Crippen LogP contribution >= 0.6 is 0 Å². The summed E-state index contributed by atoms with van der Waals surface area (Å²) in [6.07, 6.45) is 3.62. The molecule has 1 saturated heterocycles. The number of hydrogen-bond acceptors (Lipinski definition) is 7. The van der Waals surface area contributed by atoms with E-state index in [9.17, 15) is 4.79 Å². The van der Waals surface area contributed by atoms with Gasteiger partial charge in [-0.25, -0.2) is 14.8 Å². The van der Waals surface area contributed by atoms with E-state index in [1.807, 2.05) is 12.3 Å². The molecule has 0 aromatic carbocycles. The normalized spacial score (nSPS) is 17.0. The highest BCUT2D eigenvalue weighted by Crippen LogP contribution is 2.16. The molecule has 1 fully saturated rings. The summed E-state index contributed by atoms with van der Waals surface area (Å²) in [6, 6.07) is 7.56. The molecule has 7 heteroatoms. The molecular weight excluding hydrogens is 332 g/mol. The van der Waals surface area contributed by atoms with Crippen LogP contribution in [0, 0.1) is 0 Å². The topological polar surface area (TPSA) is 76.6 Å². The quantitative estimate of drug-likeness (QED) is 0.797. The molecule has 1 N–H and O–H groups in total. The Morgan fingerprint density at radius 2 is 2.19 bits per heavy atom. The summed E-state index contributed by atoms with van der Waals surface area (Å²) in [4.78, 5) is 22.6. The van der Waals surface area contributed by atoms with Crippen LogP contribution in [0.2, 0.25) is 0 Å². The summed E-state index contributed by atoms with van der Waals surface area (Å²) < 4.78 is 10.5. The molecule has 0 amide bonds. The van der Waals surface area contributed by atoms with Gasteiger partial charge in [0.1, 0.15) is 11.6 Å². The Kier molecular flexibility index (Phi) is 6.01. The van der Waals surface area contributed by atoms with Crippen molar-refractivity contribution in [2.75, 3.05) is 36.5 Å². The SMILES string of the molecule is CCOC(=O)c1ccc(NCc2ccc(N3CCOC(C)C3)nc2)nc1. The van der Waals surface area contributed by atoms with E-state index in [0.29, 0.717) is 24.5 Å². The zero-order valence-electron chi connectivity index (χ0n) is 15.1. The molecule has 7 nitrogen and oxygen atoms in total. The molecule has 1 aliphatic heterocycles. The van der Waals surface area contributed by atoms with Gasteiger partial charge in [-0.15, -0.1) is 0 Å². The number of esters is 1. The summed E-state index contributed by atoms with van der Waals surface area (Å²) in [6.45, 7) is 7.28. The molecule has 1 aliphatic rings. The Morgan fingerprint density at radius 3 is 2.85 bits per heavy atom. The lowest BCUT2D eigenvalue weighted by Crippen LogP contribution is -2.41. The van der Waals surface area contributed by atoms with Gasteiger partial charge in [0.05, 0.1) is 24.9 Å². The predicted octanol–water partition coefficient (Wildman–Crippen LogP) is 2.49. The number of carbonyl (C=O) groups is 1. The lowest BCUT2D eigenvalue weighted by molar-refractivity contribution is 0.0523. The van der Waals surface area contributed by atoms with Gasteiger partial charge in [-0.05, 0) is 37.6 Å². The Morgan fingerprint density at radius 1 is 1.31 bits per heavy atom. The first-order valence-corrected chi connectivity index (χ1v) is 8.84. The lowest BCUT2D eigenvalue weighted by atomic mass is 10.2. The molecule has 0 aliphatic carbocycles. The molecule has 1 atom stereocenters. The van der Waals surface area contributed by atoms with Crippen molar-refractivity contribution < 1.29 is 14.3 Å². The zero-order valence-corrected chi connectivity index (χ0v) is 15.1. The van der Waals surface area contributed by atoms with Gasteiger partial charge < -0.3 is 19.7 Å². The van der Waals surface area contributed by atoms with Crippen molar-refractivity contribution >= 4 is 17.6 Å². The number of anilines is 2. The minimum Gasteiger partial charge on any atom is -0.462 e. The lowest BCUT2D eigenvalue weighted by Gasteiger charge is -2.32. The first-order chi connectivity index (χ1) is 12.7. The van der Waals surface area contributed by atoms with Crippen LogP contribution < -0.4 is 10.2 Å². The minimum atomic E-state index is -0.358. The molecule has 0 spiro atoms. The molecule has 2 aromatic rings. The third kappa shape index (κ3) is 4.70. The second-order valence-corrected chi connectivity index (χ2v) is 6.16. The average molecular weight is 356 g/mol. The van der Waals surface area contributed by atoms with E-state index in [1.165, 1.54) is 6.20 Å². The maximum absolute atomic E-state index is 11.6. The molecule has 138 valence electrons. The Hall–Kier alpha value is -2.67. The van der Waals surface area contributed by atoms with E-state index >= 15 is 0 Å². The van der Waals surface area contributed by atoms with Crippen molar-refractivity contribution in [2.24, 2.45) is 0 Å². The molecule has 0 radical (unpaired) electrons. The van der Waals surface area contributed by atoms with Gasteiger partial charge in [-0.1, -0.05) is 6.07 Å². The fourth-order valence-electron chi connectivity index (χ4n) is 2.76. The van der Waals surface area contributed by atoms with Gasteiger partial charge in [-0.3, -0.25) is 0 Å². The number of rotatable bonds is 6. The van der Waals surface area contributed by atoms with Crippen LogP contribution in [0.1, 0.15) is 29.8 Å². The second-order valence-electron chi connectivity index (χ2n) is 6.16. The van der Waals surface area contributed by atoms with Crippen molar-refractivity contribution in [3.8, 4) is 0 Å². The van der Waals surface area contributed by atoms with E-state index in [-0.39, 0.29) is 12.1 Å². The monoisotopic (exact) mass is 356 g/mol. The highest BCUT2D eigenvalue weighted by Gasteiger charge is 2.17. The molecule has 0 saturated carbocycles. The highest BCUT2D eigenvalue weighted by molar-refractivity contribution is 5.89. The summed E-state index contributed by atoms with van der Waals surface area (Å²) in [7, 11) is 0. The standard InChI is InChI=1S/C19H24N4O3/c1-3-25-19(24)16-5-6-17(21-12-16)20-10-15-4-7-18(22-11-15)23-8-9-26-14(2)13-23/h4-7,11-12,14H,3,8-10,13H2,1-2H3,(H,20,21). The van der Waals surface area contributed by atoms with Crippen LogP contribution in [0.5, 0.6) is 0 Å². The predicted molar refractivity (Wildman–Crippen MR) is 99.4 cm³/mol. The number of morpholine rings is 1. The van der Waals surface area contributed by atoms with Crippen LogP contribution in [-0.4, -0.2) is 48.3 Å². The molecule has 3 heterocycles. The molecule has 2 aromatic heterocycles. The number of nitrogens with zero attached hydrogens (tertiary/aromatic N) is 3. The molecular formula is C19H24N4O3. The van der Waals surface area contributed by atoms with Crippen LogP contribution in [0.15, 0.2) is 36.7 Å². The van der Waals surface area contributed by atoms with Gasteiger partial charge in [-0.2, -0.15) is 0 Å². The van der Waals surface area contributed by atoms with E-state index in [2.05, 4.69) is 33.2 Å². The number of ether oxygens (including phenoxy) is 2. The van der Waals surface area contributed by atoms with Gasteiger partial charge in [0.15, 0.2) is 0 Å². The fraction of sp³-hybridized carbons (Fsp3) is 0.421. The number of hydrogen-bond donors (Lipinski definition) is 1. The highest BCUT2D eigenvalue weighted by atomic mass is 16.5. The first kappa shape index (κ1) is 18.1. The smallest absolute Gasteiger partial charge is 0.339 e. The molecule has 26 heavy (non-hydrogen) atoms. The van der Waals surface area contributed by atoms with E-state index in [0.717, 1.165) is 31.1 Å². The van der Waals surface area contributed by atoms with Gasteiger partial charge >= 0.3 is 5.97 Å². The fourth-order valence-corrected chi connectivity index (χ4v) is 2.76. The van der Waals surface area contributed by atoms with Gasteiger partial charge in [0.2, 0.25) is 0 Å². The Balaban J connectivity index is 1.54. The van der Waals surface area contributed by atoms with Crippen molar-refractivity contribution in [1.82, 2.24) is 9.97 Å². The Labute approximate surface area is 153 Å². The zero-order chi connectivity index (χ0) is 18.4. The molecule has 3 rings (SSSR count). The number of carbonyl (C=O) groups excluding carboxylic acids is 1. The van der Waals surface area contributed by atoms with Crippen molar-refractivity contribution in [2.45, 2.75) is 26.5 Å². The van der Waals surface area contributed by atoms with Gasteiger partial charge in [0, 0.05) is 32.0 Å². The summed E-state index contributed by atoms with van der Waals surface area (Å²) in [5.41, 5.74) is 1.51. The number of nitrogens with one attached hydrogen (secondary N) is 1. The van der Waals surface area contributed by atoms with E-state index < -0.39 is 0 Å². The van der Waals surface area contributed by atoms with Gasteiger partial charge in [0.25, 0.3) is 0 Å². The van der Waals surface area contributed by atoms with Crippen LogP contribution in [0.4, 0.5) is 11.6 Å². The average Bonchev–Trinajstić information content (AvgIpc) is 2.67. The Bertz CT molecular complexity index is 719. The first-order valence-electron chi connectivity index (χ1n) is 8.84. The third-order valence-electron chi connectivity index (χ3n) is 4.12. The van der Waals surface area contributed by atoms with Crippen molar-refractivity contribution in [1.29, 1.82) is 0 Å². The molecule has 0 bridgehead atoms. The number of pyridine rings is 2. The molecule has 1 unspecified atom stereocenters. The number of aromatic nitrogens is 2.